The van der Waals surface area contributed by atoms with Crippen molar-refractivity contribution in [2.45, 2.75) is 71.0 Å². The number of rotatable bonds is 7. The summed E-state index contributed by atoms with van der Waals surface area (Å²) in [5.41, 5.74) is 2.76. The van der Waals surface area contributed by atoms with Crippen molar-refractivity contribution >= 4 is 15.7 Å². The van der Waals surface area contributed by atoms with E-state index in [0.29, 0.717) is 30.3 Å². The molecule has 0 spiro atoms. The predicted octanol–water partition coefficient (Wildman–Crippen LogP) is 5.08. The summed E-state index contributed by atoms with van der Waals surface area (Å²) < 4.78 is 34.6. The average molecular weight is 446 g/mol. The van der Waals surface area contributed by atoms with Gasteiger partial charge in [0.05, 0.1) is 16.7 Å². The predicted molar refractivity (Wildman–Crippen MR) is 125 cm³/mol. The largest absolute Gasteiger partial charge is 0.490 e. The van der Waals surface area contributed by atoms with Crippen LogP contribution in [0.5, 0.6) is 5.75 Å². The Morgan fingerprint density at radius 3 is 2.32 bits per heavy atom. The molecule has 0 amide bonds. The minimum absolute atomic E-state index is 0.0474. The van der Waals surface area contributed by atoms with Crippen LogP contribution in [0.25, 0.3) is 0 Å². The molecule has 2 aromatic rings. The quantitative estimate of drug-likeness (QED) is 0.645. The third kappa shape index (κ3) is 5.80. The van der Waals surface area contributed by atoms with Crippen LogP contribution in [0.1, 0.15) is 51.2 Å². The lowest BCUT2D eigenvalue weighted by molar-refractivity contribution is 0.0309. The van der Waals surface area contributed by atoms with E-state index in [9.17, 15) is 13.5 Å². The van der Waals surface area contributed by atoms with Gasteiger partial charge in [-0.3, -0.25) is 4.31 Å². The molecule has 1 saturated carbocycles. The van der Waals surface area contributed by atoms with Crippen LogP contribution in [-0.2, 0) is 10.0 Å². The molecule has 0 radical (unpaired) electrons. The van der Waals surface area contributed by atoms with E-state index in [1.54, 1.807) is 24.3 Å². The van der Waals surface area contributed by atoms with Crippen LogP contribution in [0.4, 0.5) is 5.69 Å². The van der Waals surface area contributed by atoms with Crippen LogP contribution in [-0.4, -0.2) is 32.3 Å². The van der Waals surface area contributed by atoms with E-state index in [-0.39, 0.29) is 23.0 Å². The second kappa shape index (κ2) is 9.61. The number of sulfonamides is 1. The number of ether oxygens (including phenoxy) is 1. The van der Waals surface area contributed by atoms with Crippen LogP contribution < -0.4 is 9.04 Å². The molecule has 0 saturated heterocycles. The van der Waals surface area contributed by atoms with Gasteiger partial charge in [-0.25, -0.2) is 8.42 Å². The number of hydrogen-bond donors (Lipinski definition) is 1. The Balaban J connectivity index is 1.84. The second-order valence-corrected chi connectivity index (χ2v) is 11.3. The third-order valence-corrected chi connectivity index (χ3v) is 7.54. The molecule has 1 fully saturated rings. The van der Waals surface area contributed by atoms with Gasteiger partial charge >= 0.3 is 0 Å². The molecule has 0 aromatic heterocycles. The summed E-state index contributed by atoms with van der Waals surface area (Å²) in [7, 11) is -3.71. The van der Waals surface area contributed by atoms with Crippen molar-refractivity contribution in [3.8, 4) is 5.75 Å². The van der Waals surface area contributed by atoms with Crippen molar-refractivity contribution in [3.05, 3.63) is 53.6 Å². The maximum absolute atomic E-state index is 13.5. The molecule has 1 N–H and O–H groups in total. The second-order valence-electron chi connectivity index (χ2n) is 9.40. The molecule has 1 aliphatic carbocycles. The molecule has 2 unspecified atom stereocenters. The summed E-state index contributed by atoms with van der Waals surface area (Å²) in [6.07, 6.45) is 1.93. The smallest absolute Gasteiger partial charge is 0.264 e. The van der Waals surface area contributed by atoms with E-state index in [1.807, 2.05) is 45.9 Å². The van der Waals surface area contributed by atoms with E-state index in [4.69, 9.17) is 4.74 Å². The van der Waals surface area contributed by atoms with Gasteiger partial charge in [0.1, 0.15) is 11.9 Å². The maximum atomic E-state index is 13.5. The Kier molecular flexibility index (Phi) is 7.32. The van der Waals surface area contributed by atoms with Gasteiger partial charge in [0.25, 0.3) is 10.0 Å². The fourth-order valence-electron chi connectivity index (χ4n) is 4.35. The summed E-state index contributed by atoms with van der Waals surface area (Å²) in [6.45, 7) is 10.5. The lowest BCUT2D eigenvalue weighted by Crippen LogP contribution is -2.35. The topological polar surface area (TPSA) is 66.8 Å². The molecular formula is C25H35NO4S. The van der Waals surface area contributed by atoms with E-state index in [0.717, 1.165) is 24.0 Å². The Hall–Kier alpha value is -2.05. The Morgan fingerprint density at radius 2 is 1.74 bits per heavy atom. The fraction of sp³-hybridized carbons (Fsp3) is 0.520. The number of aliphatic hydroxyl groups excluding tert-OH is 1. The third-order valence-electron chi connectivity index (χ3n) is 5.74. The Labute approximate surface area is 187 Å². The summed E-state index contributed by atoms with van der Waals surface area (Å²) in [4.78, 5) is 0.248. The van der Waals surface area contributed by atoms with Gasteiger partial charge in [0.2, 0.25) is 0 Å². The molecule has 0 bridgehead atoms. The van der Waals surface area contributed by atoms with E-state index in [2.05, 4.69) is 6.92 Å². The first-order valence-electron chi connectivity index (χ1n) is 11.1. The summed E-state index contributed by atoms with van der Waals surface area (Å²) >= 11 is 0. The number of nitrogens with zero attached hydrogens (tertiary/aromatic N) is 1. The molecule has 31 heavy (non-hydrogen) atoms. The summed E-state index contributed by atoms with van der Waals surface area (Å²) in [5, 5.41) is 9.99. The zero-order valence-electron chi connectivity index (χ0n) is 19.2. The number of aryl methyl sites for hydroxylation is 2. The van der Waals surface area contributed by atoms with Crippen molar-refractivity contribution in [2.24, 2.45) is 11.8 Å². The number of anilines is 1. The van der Waals surface area contributed by atoms with Crippen LogP contribution in [0, 0.1) is 25.7 Å². The van der Waals surface area contributed by atoms with Crippen LogP contribution in [0.2, 0.25) is 0 Å². The average Bonchev–Trinajstić information content (AvgIpc) is 2.66. The summed E-state index contributed by atoms with van der Waals surface area (Å²) in [6, 6.07) is 12.5. The van der Waals surface area contributed by atoms with Gasteiger partial charge in [-0.05, 0) is 74.4 Å². The number of benzene rings is 2. The highest BCUT2D eigenvalue weighted by atomic mass is 32.2. The first-order chi connectivity index (χ1) is 14.6. The normalized spacial score (nSPS) is 21.8. The van der Waals surface area contributed by atoms with Gasteiger partial charge in [-0.1, -0.05) is 38.5 Å². The zero-order valence-corrected chi connectivity index (χ0v) is 20.0. The molecular weight excluding hydrogens is 410 g/mol. The van der Waals surface area contributed by atoms with Crippen LogP contribution in [0.3, 0.4) is 0 Å². The Morgan fingerprint density at radius 1 is 1.06 bits per heavy atom. The van der Waals surface area contributed by atoms with Gasteiger partial charge in [-0.15, -0.1) is 0 Å². The highest BCUT2D eigenvalue weighted by Gasteiger charge is 2.28. The Bertz CT molecular complexity index is 975. The fourth-order valence-corrected chi connectivity index (χ4v) is 6.05. The maximum Gasteiger partial charge on any atom is 0.264 e. The van der Waals surface area contributed by atoms with Crippen molar-refractivity contribution in [1.29, 1.82) is 0 Å². The minimum atomic E-state index is -3.71. The van der Waals surface area contributed by atoms with Gasteiger partial charge in [-0.2, -0.15) is 0 Å². The highest BCUT2D eigenvalue weighted by molar-refractivity contribution is 7.92. The molecule has 3 atom stereocenters. The van der Waals surface area contributed by atoms with Crippen molar-refractivity contribution in [1.82, 2.24) is 0 Å². The lowest BCUT2D eigenvalue weighted by atomic mass is 9.86. The van der Waals surface area contributed by atoms with Gasteiger partial charge in [0, 0.05) is 13.0 Å². The number of aliphatic hydroxyl groups is 1. The molecule has 3 rings (SSSR count). The van der Waals surface area contributed by atoms with Crippen LogP contribution >= 0.6 is 0 Å². The molecule has 1 aliphatic rings. The van der Waals surface area contributed by atoms with Gasteiger partial charge in [0.15, 0.2) is 0 Å². The van der Waals surface area contributed by atoms with E-state index < -0.39 is 10.0 Å². The molecule has 0 aliphatic heterocycles. The summed E-state index contributed by atoms with van der Waals surface area (Å²) in [5.74, 6) is 1.22. The zero-order chi connectivity index (χ0) is 22.8. The first kappa shape index (κ1) is 23.6. The van der Waals surface area contributed by atoms with Crippen molar-refractivity contribution < 1.29 is 18.3 Å². The molecule has 5 nitrogen and oxygen atoms in total. The van der Waals surface area contributed by atoms with E-state index >= 15 is 0 Å². The van der Waals surface area contributed by atoms with Crippen LogP contribution in [0.15, 0.2) is 47.4 Å². The SMILES string of the molecule is Cc1ccc(N(CC(C)C)S(=O)(=O)c2ccc(OC3CC(C)C[C@H](O)C3)cc2)c(C)c1. The molecule has 170 valence electrons. The minimum Gasteiger partial charge on any atom is -0.490 e. The monoisotopic (exact) mass is 445 g/mol. The highest BCUT2D eigenvalue weighted by Crippen LogP contribution is 2.31. The van der Waals surface area contributed by atoms with Crippen molar-refractivity contribution in [2.75, 3.05) is 10.8 Å². The lowest BCUT2D eigenvalue weighted by Gasteiger charge is -2.31. The standard InChI is InChI=1S/C25H35NO4S/c1-17(2)16-26(25-11-6-18(3)12-20(25)5)31(28,29)24-9-7-22(8-10-24)30-23-14-19(4)13-21(27)15-23/h6-12,17,19,21,23,27H,13-16H2,1-5H3/t19?,21-,23?/m0/s1. The molecule has 2 aromatic carbocycles. The molecule has 0 heterocycles. The molecule has 6 heteroatoms. The van der Waals surface area contributed by atoms with Gasteiger partial charge < -0.3 is 9.84 Å². The number of hydrogen-bond acceptors (Lipinski definition) is 4. The first-order valence-corrected chi connectivity index (χ1v) is 12.5. The van der Waals surface area contributed by atoms with E-state index in [1.165, 1.54) is 4.31 Å². The van der Waals surface area contributed by atoms with Crippen molar-refractivity contribution in [3.63, 3.8) is 0 Å².